The summed E-state index contributed by atoms with van der Waals surface area (Å²) in [4.78, 5) is 17.8. The molecule has 0 unspecified atom stereocenters. The molecule has 0 atom stereocenters. The molecule has 19 heavy (non-hydrogen) atoms. The third-order valence-electron chi connectivity index (χ3n) is 2.56. The second kappa shape index (κ2) is 4.81. The average Bonchev–Trinajstić information content (AvgIpc) is 2.90. The first-order valence-corrected chi connectivity index (χ1v) is 6.30. The lowest BCUT2D eigenvalue weighted by molar-refractivity contribution is 0.432. The Morgan fingerprint density at radius 1 is 1.05 bits per heavy atom. The Hall–Kier alpha value is -2.21. The van der Waals surface area contributed by atoms with E-state index in [9.17, 15) is 4.79 Å². The number of benzene rings is 1. The second-order valence-electron chi connectivity index (χ2n) is 3.87. The maximum absolute atomic E-state index is 11.0. The summed E-state index contributed by atoms with van der Waals surface area (Å²) in [5.74, 6) is 0.878. The Balaban J connectivity index is 1.97. The standard InChI is InChI=1S/C13H8BrN3O2/c14-10-4-1-8(2-5-10)12-16-13(19-17-12)9-3-6-11(18)15-7-9/h1-7H,(H,15,18). The van der Waals surface area contributed by atoms with Gasteiger partial charge in [-0.15, -0.1) is 0 Å². The van der Waals surface area contributed by atoms with Gasteiger partial charge in [-0.2, -0.15) is 4.98 Å². The lowest BCUT2D eigenvalue weighted by atomic mass is 10.2. The first-order valence-electron chi connectivity index (χ1n) is 5.51. The van der Waals surface area contributed by atoms with Gasteiger partial charge in [0, 0.05) is 22.3 Å². The minimum atomic E-state index is -0.170. The Morgan fingerprint density at radius 3 is 2.47 bits per heavy atom. The van der Waals surface area contributed by atoms with Crippen molar-refractivity contribution in [3.63, 3.8) is 0 Å². The number of aromatic amines is 1. The summed E-state index contributed by atoms with van der Waals surface area (Å²) in [6, 6.07) is 10.7. The van der Waals surface area contributed by atoms with Crippen LogP contribution in [0.2, 0.25) is 0 Å². The van der Waals surface area contributed by atoms with E-state index in [2.05, 4.69) is 31.1 Å². The van der Waals surface area contributed by atoms with Crippen molar-refractivity contribution in [2.75, 3.05) is 0 Å². The lowest BCUT2D eigenvalue weighted by Gasteiger charge is -1.93. The predicted octanol–water partition coefficient (Wildman–Crippen LogP) is 2.85. The van der Waals surface area contributed by atoms with Crippen LogP contribution >= 0.6 is 15.9 Å². The van der Waals surface area contributed by atoms with Crippen LogP contribution in [0.1, 0.15) is 0 Å². The van der Waals surface area contributed by atoms with Crippen molar-refractivity contribution < 1.29 is 4.52 Å². The number of nitrogens with one attached hydrogen (secondary N) is 1. The third-order valence-corrected chi connectivity index (χ3v) is 3.09. The normalized spacial score (nSPS) is 10.6. The highest BCUT2D eigenvalue weighted by Crippen LogP contribution is 2.22. The van der Waals surface area contributed by atoms with Gasteiger partial charge in [0.2, 0.25) is 11.4 Å². The van der Waals surface area contributed by atoms with E-state index in [4.69, 9.17) is 4.52 Å². The summed E-state index contributed by atoms with van der Waals surface area (Å²) in [7, 11) is 0. The molecule has 0 saturated heterocycles. The monoisotopic (exact) mass is 317 g/mol. The number of rotatable bonds is 2. The zero-order valence-corrected chi connectivity index (χ0v) is 11.2. The lowest BCUT2D eigenvalue weighted by Crippen LogP contribution is -2.01. The van der Waals surface area contributed by atoms with Gasteiger partial charge >= 0.3 is 0 Å². The Kier molecular flexibility index (Phi) is 3.00. The zero-order valence-electron chi connectivity index (χ0n) is 9.63. The van der Waals surface area contributed by atoms with Crippen LogP contribution in [0.3, 0.4) is 0 Å². The van der Waals surface area contributed by atoms with Crippen LogP contribution in [0, 0.1) is 0 Å². The van der Waals surface area contributed by atoms with Crippen molar-refractivity contribution in [1.82, 2.24) is 15.1 Å². The molecule has 3 aromatic rings. The fourth-order valence-corrected chi connectivity index (χ4v) is 1.86. The number of pyridine rings is 1. The maximum atomic E-state index is 11.0. The fraction of sp³-hybridized carbons (Fsp3) is 0. The predicted molar refractivity (Wildman–Crippen MR) is 73.5 cm³/mol. The van der Waals surface area contributed by atoms with Crippen molar-refractivity contribution >= 4 is 15.9 Å². The van der Waals surface area contributed by atoms with Gasteiger partial charge in [0.25, 0.3) is 5.89 Å². The molecule has 0 aliphatic carbocycles. The van der Waals surface area contributed by atoms with E-state index in [0.717, 1.165) is 10.0 Å². The summed E-state index contributed by atoms with van der Waals surface area (Å²) in [5, 5.41) is 3.92. The topological polar surface area (TPSA) is 71.8 Å². The van der Waals surface area contributed by atoms with Gasteiger partial charge in [0.05, 0.1) is 5.56 Å². The molecule has 2 aromatic heterocycles. The van der Waals surface area contributed by atoms with Crippen LogP contribution in [0.15, 0.2) is 56.4 Å². The van der Waals surface area contributed by atoms with Crippen LogP contribution in [-0.4, -0.2) is 15.1 Å². The summed E-state index contributed by atoms with van der Waals surface area (Å²) in [6.07, 6.45) is 1.54. The molecular formula is C13H8BrN3O2. The first kappa shape index (κ1) is 11.9. The molecule has 5 nitrogen and oxygen atoms in total. The molecule has 0 amide bonds. The molecule has 0 aliphatic heterocycles. The quantitative estimate of drug-likeness (QED) is 0.788. The average molecular weight is 318 g/mol. The van der Waals surface area contributed by atoms with Crippen LogP contribution in [-0.2, 0) is 0 Å². The maximum Gasteiger partial charge on any atom is 0.259 e. The van der Waals surface area contributed by atoms with Gasteiger partial charge in [-0.05, 0) is 30.3 Å². The molecule has 2 heterocycles. The number of nitrogens with zero attached hydrogens (tertiary/aromatic N) is 2. The molecule has 0 aliphatic rings. The Bertz CT molecular complexity index is 742. The highest BCUT2D eigenvalue weighted by molar-refractivity contribution is 9.10. The number of aromatic nitrogens is 3. The fourth-order valence-electron chi connectivity index (χ4n) is 1.60. The molecule has 6 heteroatoms. The molecule has 0 bridgehead atoms. The highest BCUT2D eigenvalue weighted by atomic mass is 79.9. The summed E-state index contributed by atoms with van der Waals surface area (Å²) in [6.45, 7) is 0. The summed E-state index contributed by atoms with van der Waals surface area (Å²) >= 11 is 3.37. The van der Waals surface area contributed by atoms with E-state index in [1.807, 2.05) is 24.3 Å². The molecule has 3 rings (SSSR count). The number of hydrogen-bond acceptors (Lipinski definition) is 4. The van der Waals surface area contributed by atoms with E-state index < -0.39 is 0 Å². The van der Waals surface area contributed by atoms with Gasteiger partial charge < -0.3 is 9.51 Å². The van der Waals surface area contributed by atoms with Crippen molar-refractivity contribution in [2.24, 2.45) is 0 Å². The number of hydrogen-bond donors (Lipinski definition) is 1. The molecule has 0 radical (unpaired) electrons. The van der Waals surface area contributed by atoms with Gasteiger partial charge in [-0.3, -0.25) is 4.79 Å². The van der Waals surface area contributed by atoms with E-state index in [1.165, 1.54) is 6.07 Å². The third kappa shape index (κ3) is 2.48. The molecule has 0 fully saturated rings. The molecule has 94 valence electrons. The minimum Gasteiger partial charge on any atom is -0.334 e. The molecule has 1 N–H and O–H groups in total. The minimum absolute atomic E-state index is 0.170. The molecular weight excluding hydrogens is 310 g/mol. The summed E-state index contributed by atoms with van der Waals surface area (Å²) in [5.41, 5.74) is 1.37. The summed E-state index contributed by atoms with van der Waals surface area (Å²) < 4.78 is 6.17. The smallest absolute Gasteiger partial charge is 0.259 e. The molecule has 0 spiro atoms. The van der Waals surface area contributed by atoms with E-state index >= 15 is 0 Å². The van der Waals surface area contributed by atoms with Crippen molar-refractivity contribution in [2.45, 2.75) is 0 Å². The van der Waals surface area contributed by atoms with Crippen molar-refractivity contribution in [3.05, 3.63) is 57.4 Å². The Labute approximate surface area is 116 Å². The van der Waals surface area contributed by atoms with E-state index in [0.29, 0.717) is 17.3 Å². The number of H-pyrrole nitrogens is 1. The second-order valence-corrected chi connectivity index (χ2v) is 4.79. The van der Waals surface area contributed by atoms with Crippen LogP contribution in [0.25, 0.3) is 22.8 Å². The van der Waals surface area contributed by atoms with Crippen LogP contribution < -0.4 is 5.56 Å². The van der Waals surface area contributed by atoms with Gasteiger partial charge in [-0.25, -0.2) is 0 Å². The van der Waals surface area contributed by atoms with Crippen molar-refractivity contribution in [3.8, 4) is 22.8 Å². The van der Waals surface area contributed by atoms with Crippen LogP contribution in [0.4, 0.5) is 0 Å². The number of halogens is 1. The van der Waals surface area contributed by atoms with E-state index in [1.54, 1.807) is 12.3 Å². The Morgan fingerprint density at radius 2 is 1.79 bits per heavy atom. The van der Waals surface area contributed by atoms with Gasteiger partial charge in [0.15, 0.2) is 0 Å². The highest BCUT2D eigenvalue weighted by Gasteiger charge is 2.10. The van der Waals surface area contributed by atoms with Gasteiger partial charge in [-0.1, -0.05) is 21.1 Å². The SMILES string of the molecule is O=c1ccc(-c2nc(-c3ccc(Br)cc3)no2)c[nH]1. The van der Waals surface area contributed by atoms with Crippen molar-refractivity contribution in [1.29, 1.82) is 0 Å². The largest absolute Gasteiger partial charge is 0.334 e. The molecule has 1 aromatic carbocycles. The molecule has 0 saturated carbocycles. The zero-order chi connectivity index (χ0) is 13.2. The van der Waals surface area contributed by atoms with E-state index in [-0.39, 0.29) is 5.56 Å². The van der Waals surface area contributed by atoms with Crippen LogP contribution in [0.5, 0.6) is 0 Å². The first-order chi connectivity index (χ1) is 9.22. The van der Waals surface area contributed by atoms with Gasteiger partial charge in [0.1, 0.15) is 0 Å².